The largest absolute Gasteiger partial charge is 0.460 e. The summed E-state index contributed by atoms with van der Waals surface area (Å²) >= 11 is 3.24. The Bertz CT molecular complexity index is 950. The molecule has 0 fully saturated rings. The van der Waals surface area contributed by atoms with Crippen molar-refractivity contribution < 1.29 is 28.5 Å². The van der Waals surface area contributed by atoms with Crippen LogP contribution in [-0.2, 0) is 35.0 Å². The van der Waals surface area contributed by atoms with Gasteiger partial charge in [-0.2, -0.15) is 0 Å². The predicted octanol–water partition coefficient (Wildman–Crippen LogP) is 6.43. The molecule has 0 aliphatic carbocycles. The van der Waals surface area contributed by atoms with E-state index in [9.17, 15) is 9.59 Å². The van der Waals surface area contributed by atoms with Gasteiger partial charge in [0.1, 0.15) is 24.1 Å². The molecule has 37 heavy (non-hydrogen) atoms. The van der Waals surface area contributed by atoms with Crippen molar-refractivity contribution >= 4 is 35.5 Å². The van der Waals surface area contributed by atoms with Crippen LogP contribution in [0.5, 0.6) is 0 Å². The molecule has 2 aromatic carbocycles. The molecule has 0 saturated heterocycles. The molecule has 2 aromatic rings. The third-order valence-corrected chi connectivity index (χ3v) is 6.92. The van der Waals surface area contributed by atoms with Crippen LogP contribution in [0.15, 0.2) is 82.6 Å². The minimum absolute atomic E-state index is 0.0582. The number of carbonyl (C=O) groups excluding carboxylic acids is 2. The molecule has 2 atom stereocenters. The number of benzene rings is 2. The summed E-state index contributed by atoms with van der Waals surface area (Å²) in [6, 6.07) is 16.9. The standard InChI is InChI=1S/C29H36O6S2/c1-20(2)28(30)34-17-15-32-22(5)36-26-11-7-24(8-12-26)19-25-9-13-27(14-10-25)37-23(6)33-16-18-35-29(31)21(3)4/h7-14,22-23H,1,3,15-19H2,2,4-6H3. The van der Waals surface area contributed by atoms with Gasteiger partial charge in [-0.1, -0.05) is 60.9 Å². The maximum atomic E-state index is 11.4. The van der Waals surface area contributed by atoms with Crippen LogP contribution in [0.1, 0.15) is 38.8 Å². The summed E-state index contributed by atoms with van der Waals surface area (Å²) in [4.78, 5) is 25.0. The zero-order chi connectivity index (χ0) is 27.2. The third kappa shape index (κ3) is 12.5. The third-order valence-electron chi connectivity index (χ3n) is 4.89. The van der Waals surface area contributed by atoms with Gasteiger partial charge in [-0.15, -0.1) is 0 Å². The molecule has 0 heterocycles. The molecule has 0 bridgehead atoms. The summed E-state index contributed by atoms with van der Waals surface area (Å²) in [7, 11) is 0. The summed E-state index contributed by atoms with van der Waals surface area (Å²) < 4.78 is 21.5. The van der Waals surface area contributed by atoms with Crippen molar-refractivity contribution in [3.8, 4) is 0 Å². The van der Waals surface area contributed by atoms with Crippen LogP contribution in [0.3, 0.4) is 0 Å². The van der Waals surface area contributed by atoms with Crippen LogP contribution in [0.4, 0.5) is 0 Å². The lowest BCUT2D eigenvalue weighted by Gasteiger charge is -2.14. The van der Waals surface area contributed by atoms with E-state index in [1.807, 2.05) is 13.8 Å². The number of rotatable bonds is 16. The predicted molar refractivity (Wildman–Crippen MR) is 150 cm³/mol. The van der Waals surface area contributed by atoms with E-state index in [0.29, 0.717) is 24.4 Å². The van der Waals surface area contributed by atoms with Crippen LogP contribution in [-0.4, -0.2) is 49.2 Å². The second-order valence-corrected chi connectivity index (χ2v) is 11.2. The number of hydrogen-bond donors (Lipinski definition) is 0. The Morgan fingerprint density at radius 1 is 0.676 bits per heavy atom. The number of esters is 2. The molecule has 8 heteroatoms. The van der Waals surface area contributed by atoms with Crippen LogP contribution < -0.4 is 0 Å². The molecule has 2 unspecified atom stereocenters. The maximum Gasteiger partial charge on any atom is 0.333 e. The normalized spacial score (nSPS) is 12.4. The smallest absolute Gasteiger partial charge is 0.333 e. The second-order valence-electron chi connectivity index (χ2n) is 8.41. The molecule has 2 rings (SSSR count). The van der Waals surface area contributed by atoms with E-state index in [0.717, 1.165) is 16.2 Å². The van der Waals surface area contributed by atoms with Crippen LogP contribution in [0, 0.1) is 0 Å². The van der Waals surface area contributed by atoms with Crippen molar-refractivity contribution in [1.82, 2.24) is 0 Å². The molecule has 0 aliphatic heterocycles. The minimum Gasteiger partial charge on any atom is -0.460 e. The van der Waals surface area contributed by atoms with Gasteiger partial charge >= 0.3 is 11.9 Å². The Kier molecular flexibility index (Phi) is 13.6. The van der Waals surface area contributed by atoms with E-state index in [1.54, 1.807) is 37.4 Å². The van der Waals surface area contributed by atoms with E-state index in [4.69, 9.17) is 18.9 Å². The molecule has 0 aromatic heterocycles. The Morgan fingerprint density at radius 2 is 1.03 bits per heavy atom. The van der Waals surface area contributed by atoms with Crippen molar-refractivity contribution in [1.29, 1.82) is 0 Å². The fourth-order valence-electron chi connectivity index (χ4n) is 3.00. The lowest BCUT2D eigenvalue weighted by molar-refractivity contribution is -0.141. The van der Waals surface area contributed by atoms with Gasteiger partial charge in [0.05, 0.1) is 13.2 Å². The first-order valence-electron chi connectivity index (χ1n) is 12.0. The first kappa shape index (κ1) is 30.7. The first-order valence-corrected chi connectivity index (χ1v) is 13.8. The number of carbonyl (C=O) groups is 2. The molecule has 0 N–H and O–H groups in total. The molecule has 0 saturated carbocycles. The highest BCUT2D eigenvalue weighted by molar-refractivity contribution is 8.00. The van der Waals surface area contributed by atoms with E-state index in [-0.39, 0.29) is 24.1 Å². The van der Waals surface area contributed by atoms with Crippen LogP contribution in [0.2, 0.25) is 0 Å². The van der Waals surface area contributed by atoms with E-state index >= 15 is 0 Å². The van der Waals surface area contributed by atoms with Crippen molar-refractivity contribution in [3.05, 3.63) is 84.0 Å². The average molecular weight is 545 g/mol. The van der Waals surface area contributed by atoms with E-state index < -0.39 is 11.9 Å². The zero-order valence-electron chi connectivity index (χ0n) is 22.0. The molecular formula is C29H36O6S2. The van der Waals surface area contributed by atoms with Gasteiger partial charge in [0.15, 0.2) is 0 Å². The Hall–Kier alpha value is -2.52. The molecule has 200 valence electrons. The highest BCUT2D eigenvalue weighted by atomic mass is 32.2. The summed E-state index contributed by atoms with van der Waals surface area (Å²) in [6.45, 7) is 15.4. The van der Waals surface area contributed by atoms with E-state index in [2.05, 4.69) is 61.7 Å². The Morgan fingerprint density at radius 3 is 1.35 bits per heavy atom. The number of ether oxygens (including phenoxy) is 4. The van der Waals surface area contributed by atoms with Gasteiger partial charge in [-0.25, -0.2) is 9.59 Å². The Labute approximate surface area is 228 Å². The van der Waals surface area contributed by atoms with E-state index in [1.165, 1.54) is 11.1 Å². The van der Waals surface area contributed by atoms with Crippen LogP contribution >= 0.6 is 23.5 Å². The number of thioether (sulfide) groups is 2. The summed E-state index contributed by atoms with van der Waals surface area (Å²) in [5, 5.41) is 0. The molecular weight excluding hydrogens is 508 g/mol. The fourth-order valence-corrected chi connectivity index (χ4v) is 4.68. The average Bonchev–Trinajstić information content (AvgIpc) is 2.86. The summed E-state index contributed by atoms with van der Waals surface area (Å²) in [5.74, 6) is -0.792. The lowest BCUT2D eigenvalue weighted by atomic mass is 10.1. The minimum atomic E-state index is -0.396. The SMILES string of the molecule is C=C(C)C(=O)OCCOC(C)Sc1ccc(Cc2ccc(SC(C)OCCOC(=O)C(=C)C)cc2)cc1. The van der Waals surface area contributed by atoms with Gasteiger partial charge in [0, 0.05) is 20.9 Å². The Balaban J connectivity index is 1.71. The molecule has 0 aliphatic rings. The molecule has 0 radical (unpaired) electrons. The molecule has 0 amide bonds. The molecule has 6 nitrogen and oxygen atoms in total. The highest BCUT2D eigenvalue weighted by Gasteiger charge is 2.09. The van der Waals surface area contributed by atoms with Gasteiger partial charge in [0.2, 0.25) is 0 Å². The van der Waals surface area contributed by atoms with Crippen molar-refractivity contribution in [2.45, 2.75) is 54.8 Å². The summed E-state index contributed by atoms with van der Waals surface area (Å²) in [6.07, 6.45) is 0.843. The topological polar surface area (TPSA) is 71.1 Å². The van der Waals surface area contributed by atoms with Crippen molar-refractivity contribution in [2.75, 3.05) is 26.4 Å². The van der Waals surface area contributed by atoms with Crippen molar-refractivity contribution in [3.63, 3.8) is 0 Å². The maximum absolute atomic E-state index is 11.4. The molecule has 0 spiro atoms. The lowest BCUT2D eigenvalue weighted by Crippen LogP contribution is -2.13. The van der Waals surface area contributed by atoms with Gasteiger partial charge in [-0.3, -0.25) is 0 Å². The summed E-state index contributed by atoms with van der Waals surface area (Å²) in [5.41, 5.74) is 3.11. The second kappa shape index (κ2) is 16.3. The highest BCUT2D eigenvalue weighted by Crippen LogP contribution is 2.26. The first-order chi connectivity index (χ1) is 17.6. The fraction of sp³-hybridized carbons (Fsp3) is 0.379. The quantitative estimate of drug-likeness (QED) is 0.0788. The van der Waals surface area contributed by atoms with Gasteiger partial charge < -0.3 is 18.9 Å². The van der Waals surface area contributed by atoms with Gasteiger partial charge in [0.25, 0.3) is 0 Å². The number of hydrogen-bond acceptors (Lipinski definition) is 8. The van der Waals surface area contributed by atoms with Crippen molar-refractivity contribution in [2.24, 2.45) is 0 Å². The van der Waals surface area contributed by atoms with Gasteiger partial charge in [-0.05, 0) is 69.5 Å². The van der Waals surface area contributed by atoms with Crippen LogP contribution in [0.25, 0.3) is 0 Å². The monoisotopic (exact) mass is 544 g/mol. The zero-order valence-corrected chi connectivity index (χ0v) is 23.6.